The predicted molar refractivity (Wildman–Crippen MR) is 89.8 cm³/mol. The summed E-state index contributed by atoms with van der Waals surface area (Å²) in [5, 5.41) is 2.94. The molecule has 3 heterocycles. The zero-order chi connectivity index (χ0) is 14.9. The van der Waals surface area contributed by atoms with Crippen LogP contribution in [-0.2, 0) is 4.74 Å². The van der Waals surface area contributed by atoms with Gasteiger partial charge in [0.1, 0.15) is 0 Å². The predicted octanol–water partition coefficient (Wildman–Crippen LogP) is 4.46. The Bertz CT molecular complexity index is 818. The van der Waals surface area contributed by atoms with Gasteiger partial charge in [-0.25, -0.2) is 4.98 Å². The number of aromatic nitrogens is 1. The lowest BCUT2D eigenvalue weighted by atomic mass is 10.2. The van der Waals surface area contributed by atoms with Crippen molar-refractivity contribution in [3.8, 4) is 0 Å². The van der Waals surface area contributed by atoms with Gasteiger partial charge in [-0.2, -0.15) is 0 Å². The van der Waals surface area contributed by atoms with Gasteiger partial charge in [-0.1, -0.05) is 0 Å². The number of amides is 1. The summed E-state index contributed by atoms with van der Waals surface area (Å²) < 4.78 is 6.78. The van der Waals surface area contributed by atoms with Crippen LogP contribution in [0.5, 0.6) is 0 Å². The first-order valence-corrected chi connectivity index (χ1v) is 8.85. The van der Waals surface area contributed by atoms with E-state index >= 15 is 0 Å². The van der Waals surface area contributed by atoms with Gasteiger partial charge in [0.2, 0.25) is 0 Å². The van der Waals surface area contributed by atoms with Crippen LogP contribution < -0.4 is 5.32 Å². The Morgan fingerprint density at radius 2 is 2.27 bits per heavy atom. The maximum Gasteiger partial charge on any atom is 0.265 e. The molecule has 1 saturated heterocycles. The third kappa shape index (κ3) is 2.65. The minimum Gasteiger partial charge on any atom is -0.373 e. The molecule has 0 saturated carbocycles. The summed E-state index contributed by atoms with van der Waals surface area (Å²) in [4.78, 5) is 18.5. The molecule has 0 spiro atoms. The highest BCUT2D eigenvalue weighted by Crippen LogP contribution is 2.33. The first kappa shape index (κ1) is 13.9. The molecule has 3 aromatic rings. The number of carbonyl (C=O) groups is 1. The van der Waals surface area contributed by atoms with E-state index in [0.29, 0.717) is 4.88 Å². The van der Waals surface area contributed by atoms with Crippen molar-refractivity contribution in [2.45, 2.75) is 18.9 Å². The number of thiazole rings is 1. The molecule has 0 radical (unpaired) electrons. The number of rotatable bonds is 3. The molecule has 112 valence electrons. The second-order valence-corrected chi connectivity index (χ2v) is 7.19. The van der Waals surface area contributed by atoms with E-state index in [4.69, 9.17) is 4.74 Å². The van der Waals surface area contributed by atoms with E-state index < -0.39 is 0 Å². The molecule has 0 aliphatic carbocycles. The van der Waals surface area contributed by atoms with Crippen LogP contribution in [0.15, 0.2) is 35.8 Å². The fraction of sp³-hybridized carbons (Fsp3) is 0.250. The van der Waals surface area contributed by atoms with Crippen LogP contribution in [0.3, 0.4) is 0 Å². The van der Waals surface area contributed by atoms with Gasteiger partial charge >= 0.3 is 0 Å². The fourth-order valence-electron chi connectivity index (χ4n) is 2.58. The Morgan fingerprint density at radius 3 is 3.14 bits per heavy atom. The highest BCUT2D eigenvalue weighted by Gasteiger charge is 2.21. The van der Waals surface area contributed by atoms with Crippen molar-refractivity contribution < 1.29 is 9.53 Å². The molecule has 1 atom stereocenters. The van der Waals surface area contributed by atoms with Crippen molar-refractivity contribution in [3.05, 3.63) is 45.6 Å². The van der Waals surface area contributed by atoms with E-state index in [0.717, 1.165) is 40.2 Å². The number of anilines is 1. The van der Waals surface area contributed by atoms with Crippen LogP contribution in [0, 0.1) is 0 Å². The zero-order valence-corrected chi connectivity index (χ0v) is 13.4. The van der Waals surface area contributed by atoms with E-state index in [1.54, 1.807) is 11.3 Å². The summed E-state index contributed by atoms with van der Waals surface area (Å²) in [7, 11) is 0. The molecule has 4 nitrogen and oxygen atoms in total. The number of nitrogens with zero attached hydrogens (tertiary/aromatic N) is 1. The number of hydrogen-bond donors (Lipinski definition) is 1. The number of hydrogen-bond acceptors (Lipinski definition) is 5. The molecule has 1 aliphatic rings. The minimum atomic E-state index is -0.0798. The van der Waals surface area contributed by atoms with Crippen LogP contribution in [0.25, 0.3) is 10.2 Å². The Morgan fingerprint density at radius 1 is 1.32 bits per heavy atom. The van der Waals surface area contributed by atoms with Gasteiger partial charge in [0.25, 0.3) is 5.91 Å². The summed E-state index contributed by atoms with van der Waals surface area (Å²) in [5.41, 5.74) is 3.49. The first-order chi connectivity index (χ1) is 10.8. The molecule has 0 bridgehead atoms. The number of fused-ring (bicyclic) bond motifs is 1. The number of benzene rings is 1. The molecule has 1 unspecified atom stereocenters. The molecular weight excluding hydrogens is 316 g/mol. The lowest BCUT2D eigenvalue weighted by Crippen LogP contribution is -2.09. The van der Waals surface area contributed by atoms with Crippen molar-refractivity contribution in [1.82, 2.24) is 4.98 Å². The van der Waals surface area contributed by atoms with Gasteiger partial charge in [0.05, 0.1) is 26.7 Å². The van der Waals surface area contributed by atoms with Crippen molar-refractivity contribution in [3.63, 3.8) is 0 Å². The average molecular weight is 330 g/mol. The molecular formula is C16H14N2O2S2. The SMILES string of the molecule is O=C(Nc1ccc2scnc2c1)c1ccc(C2CCCO2)s1. The molecule has 1 N–H and O–H groups in total. The topological polar surface area (TPSA) is 51.2 Å². The lowest BCUT2D eigenvalue weighted by Gasteiger charge is -2.05. The summed E-state index contributed by atoms with van der Waals surface area (Å²) >= 11 is 3.11. The van der Waals surface area contributed by atoms with Gasteiger partial charge in [-0.3, -0.25) is 4.79 Å². The molecule has 1 amide bonds. The van der Waals surface area contributed by atoms with E-state index in [1.165, 1.54) is 11.3 Å². The Kier molecular flexibility index (Phi) is 3.65. The normalized spacial score (nSPS) is 17.9. The lowest BCUT2D eigenvalue weighted by molar-refractivity contribution is 0.103. The third-order valence-corrected chi connectivity index (χ3v) is 5.67. The van der Waals surface area contributed by atoms with Crippen molar-refractivity contribution >= 4 is 44.5 Å². The fourth-order valence-corrected chi connectivity index (χ4v) is 4.22. The van der Waals surface area contributed by atoms with Gasteiger partial charge < -0.3 is 10.1 Å². The maximum absolute atomic E-state index is 12.4. The Labute approximate surface area is 135 Å². The molecule has 1 aromatic carbocycles. The molecule has 6 heteroatoms. The molecule has 1 fully saturated rings. The van der Waals surface area contributed by atoms with Crippen molar-refractivity contribution in [1.29, 1.82) is 0 Å². The summed E-state index contributed by atoms with van der Waals surface area (Å²) in [6, 6.07) is 9.66. The monoisotopic (exact) mass is 330 g/mol. The summed E-state index contributed by atoms with van der Waals surface area (Å²) in [5.74, 6) is -0.0798. The van der Waals surface area contributed by atoms with E-state index in [-0.39, 0.29) is 12.0 Å². The quantitative estimate of drug-likeness (QED) is 0.771. The van der Waals surface area contributed by atoms with Gasteiger partial charge in [0.15, 0.2) is 0 Å². The molecule has 2 aromatic heterocycles. The van der Waals surface area contributed by atoms with Crippen molar-refractivity contribution in [2.75, 3.05) is 11.9 Å². The summed E-state index contributed by atoms with van der Waals surface area (Å²) in [6.45, 7) is 0.817. The number of carbonyl (C=O) groups excluding carboxylic acids is 1. The Hall–Kier alpha value is -1.76. The molecule has 22 heavy (non-hydrogen) atoms. The van der Waals surface area contributed by atoms with E-state index in [9.17, 15) is 4.79 Å². The Balaban J connectivity index is 1.51. The smallest absolute Gasteiger partial charge is 0.265 e. The standard InChI is InChI=1S/C16H14N2O2S2/c19-16(15-6-5-14(22-15)12-2-1-7-20-12)18-10-3-4-13-11(8-10)17-9-21-13/h3-6,8-9,12H,1-2,7H2,(H,18,19). The van der Waals surface area contributed by atoms with Gasteiger partial charge in [-0.05, 0) is 43.2 Å². The second-order valence-electron chi connectivity index (χ2n) is 5.19. The second kappa shape index (κ2) is 5.79. The highest BCUT2D eigenvalue weighted by molar-refractivity contribution is 7.16. The van der Waals surface area contributed by atoms with Crippen LogP contribution in [0.1, 0.15) is 33.5 Å². The summed E-state index contributed by atoms with van der Waals surface area (Å²) in [6.07, 6.45) is 2.30. The maximum atomic E-state index is 12.4. The van der Waals surface area contributed by atoms with Crippen LogP contribution in [0.4, 0.5) is 5.69 Å². The van der Waals surface area contributed by atoms with E-state index in [1.807, 2.05) is 35.8 Å². The average Bonchev–Trinajstić information content (AvgIpc) is 3.26. The first-order valence-electron chi connectivity index (χ1n) is 7.15. The van der Waals surface area contributed by atoms with Gasteiger partial charge in [0, 0.05) is 17.2 Å². The van der Waals surface area contributed by atoms with Crippen LogP contribution in [-0.4, -0.2) is 17.5 Å². The highest BCUT2D eigenvalue weighted by atomic mass is 32.1. The third-order valence-electron chi connectivity index (χ3n) is 3.69. The largest absolute Gasteiger partial charge is 0.373 e. The zero-order valence-electron chi connectivity index (χ0n) is 11.7. The van der Waals surface area contributed by atoms with E-state index in [2.05, 4.69) is 10.3 Å². The van der Waals surface area contributed by atoms with Crippen molar-refractivity contribution in [2.24, 2.45) is 0 Å². The van der Waals surface area contributed by atoms with Gasteiger partial charge in [-0.15, -0.1) is 22.7 Å². The minimum absolute atomic E-state index is 0.0798. The number of nitrogens with one attached hydrogen (secondary N) is 1. The number of thiophene rings is 1. The molecule has 4 rings (SSSR count). The van der Waals surface area contributed by atoms with Crippen LogP contribution in [0.2, 0.25) is 0 Å². The van der Waals surface area contributed by atoms with Crippen LogP contribution >= 0.6 is 22.7 Å². The number of ether oxygens (including phenoxy) is 1. The molecule has 1 aliphatic heterocycles.